The fraction of sp³-hybridized carbons (Fsp3) is 0. The molecule has 27 heavy (non-hydrogen) atoms. The molecular formula is C19H13N3O5. The molecule has 3 rings (SSSR count). The minimum absolute atomic E-state index is 0.0230. The highest BCUT2D eigenvalue weighted by Crippen LogP contribution is 2.31. The molecule has 0 saturated carbocycles. The number of carbonyl (C=O) groups is 2. The van der Waals surface area contributed by atoms with Crippen molar-refractivity contribution < 1.29 is 24.2 Å². The van der Waals surface area contributed by atoms with E-state index in [4.69, 9.17) is 9.68 Å². The van der Waals surface area contributed by atoms with Crippen LogP contribution in [0.25, 0.3) is 11.1 Å². The maximum Gasteiger partial charge on any atom is 0.306 e. The Morgan fingerprint density at radius 2 is 1.67 bits per heavy atom. The number of phenols is 2. The lowest BCUT2D eigenvalue weighted by atomic mass is 10.1. The molecule has 0 radical (unpaired) electrons. The van der Waals surface area contributed by atoms with E-state index in [2.05, 4.69) is 10.9 Å². The molecule has 0 aliphatic carbocycles. The fourth-order valence-electron chi connectivity index (χ4n) is 2.41. The lowest BCUT2D eigenvalue weighted by molar-refractivity contribution is 0.0831. The zero-order chi connectivity index (χ0) is 19.4. The van der Waals surface area contributed by atoms with E-state index in [0.29, 0.717) is 11.1 Å². The van der Waals surface area contributed by atoms with Crippen LogP contribution < -0.4 is 10.9 Å². The van der Waals surface area contributed by atoms with Crippen molar-refractivity contribution in [3.8, 4) is 28.7 Å². The second-order valence-electron chi connectivity index (χ2n) is 5.43. The van der Waals surface area contributed by atoms with Gasteiger partial charge in [-0.05, 0) is 30.3 Å². The van der Waals surface area contributed by atoms with Crippen LogP contribution in [0.4, 0.5) is 0 Å². The molecule has 3 aromatic rings. The molecule has 134 valence electrons. The van der Waals surface area contributed by atoms with Crippen LogP contribution >= 0.6 is 0 Å². The van der Waals surface area contributed by atoms with Crippen LogP contribution in [0.2, 0.25) is 0 Å². The molecule has 0 bridgehead atoms. The van der Waals surface area contributed by atoms with Gasteiger partial charge in [-0.1, -0.05) is 18.2 Å². The number of aromatic hydroxyl groups is 2. The van der Waals surface area contributed by atoms with Crippen molar-refractivity contribution in [1.82, 2.24) is 10.9 Å². The second kappa shape index (κ2) is 7.33. The summed E-state index contributed by atoms with van der Waals surface area (Å²) >= 11 is 0. The van der Waals surface area contributed by atoms with Gasteiger partial charge in [0.1, 0.15) is 17.6 Å². The van der Waals surface area contributed by atoms with Gasteiger partial charge in [-0.15, -0.1) is 0 Å². The van der Waals surface area contributed by atoms with Gasteiger partial charge in [0.2, 0.25) is 5.76 Å². The topological polar surface area (TPSA) is 136 Å². The summed E-state index contributed by atoms with van der Waals surface area (Å²) in [5.74, 6) is -1.78. The van der Waals surface area contributed by atoms with Gasteiger partial charge in [0.05, 0.1) is 11.8 Å². The van der Waals surface area contributed by atoms with Crippen LogP contribution in [0.15, 0.2) is 59.2 Å². The molecule has 4 N–H and O–H groups in total. The molecule has 8 nitrogen and oxygen atoms in total. The molecule has 0 unspecified atom stereocenters. The van der Waals surface area contributed by atoms with E-state index < -0.39 is 11.8 Å². The van der Waals surface area contributed by atoms with Crippen LogP contribution in [0, 0.1) is 11.3 Å². The summed E-state index contributed by atoms with van der Waals surface area (Å²) in [6, 6.07) is 13.4. The van der Waals surface area contributed by atoms with Crippen molar-refractivity contribution in [2.24, 2.45) is 0 Å². The van der Waals surface area contributed by atoms with Crippen molar-refractivity contribution in [3.63, 3.8) is 0 Å². The summed E-state index contributed by atoms with van der Waals surface area (Å²) in [4.78, 5) is 24.5. The number of rotatable bonds is 3. The third kappa shape index (κ3) is 3.57. The number of furan rings is 1. The predicted molar refractivity (Wildman–Crippen MR) is 93.6 cm³/mol. The number of carbonyl (C=O) groups excluding carboxylic acids is 2. The van der Waals surface area contributed by atoms with Crippen LogP contribution in [-0.2, 0) is 0 Å². The van der Waals surface area contributed by atoms with Crippen molar-refractivity contribution in [2.45, 2.75) is 0 Å². The summed E-state index contributed by atoms with van der Waals surface area (Å²) in [6.45, 7) is 0. The van der Waals surface area contributed by atoms with Crippen LogP contribution in [-0.4, -0.2) is 22.0 Å². The molecule has 2 amide bonds. The van der Waals surface area contributed by atoms with Gasteiger partial charge in [-0.25, -0.2) is 0 Å². The van der Waals surface area contributed by atoms with E-state index in [1.54, 1.807) is 24.3 Å². The normalized spacial score (nSPS) is 10.0. The highest BCUT2D eigenvalue weighted by Gasteiger charge is 2.19. The lowest BCUT2D eigenvalue weighted by Gasteiger charge is -2.08. The first-order valence-electron chi connectivity index (χ1n) is 7.71. The summed E-state index contributed by atoms with van der Waals surface area (Å²) in [5, 5.41) is 28.3. The number of hydrogen-bond donors (Lipinski definition) is 4. The lowest BCUT2D eigenvalue weighted by Crippen LogP contribution is -2.41. The highest BCUT2D eigenvalue weighted by molar-refractivity contribution is 6.01. The van der Waals surface area contributed by atoms with Crippen LogP contribution in [0.1, 0.15) is 26.5 Å². The maximum atomic E-state index is 12.3. The standard InChI is InChI=1S/C19H13N3O5/c20-10-12-9-11(5-6-15(12)23)18(25)21-22-19(26)17-14(7-8-27-17)13-3-1-2-4-16(13)24/h1-9,23-24H,(H,21,25)(H,22,26). The van der Waals surface area contributed by atoms with E-state index in [1.165, 1.54) is 36.6 Å². The minimum atomic E-state index is -0.731. The Kier molecular flexibility index (Phi) is 4.77. The maximum absolute atomic E-state index is 12.3. The van der Waals surface area contributed by atoms with E-state index >= 15 is 0 Å². The van der Waals surface area contributed by atoms with Crippen molar-refractivity contribution in [1.29, 1.82) is 5.26 Å². The number of para-hydroxylation sites is 1. The number of nitrogens with one attached hydrogen (secondary N) is 2. The minimum Gasteiger partial charge on any atom is -0.507 e. The molecule has 0 aliphatic rings. The third-order valence-electron chi connectivity index (χ3n) is 3.73. The first-order chi connectivity index (χ1) is 13.0. The number of phenolic OH excluding ortho intramolecular Hbond substituents is 2. The summed E-state index contributed by atoms with van der Waals surface area (Å²) in [6.07, 6.45) is 1.29. The second-order valence-corrected chi connectivity index (χ2v) is 5.43. The van der Waals surface area contributed by atoms with E-state index in [-0.39, 0.29) is 28.4 Å². The molecule has 0 saturated heterocycles. The number of hydrogen-bond acceptors (Lipinski definition) is 6. The van der Waals surface area contributed by atoms with E-state index in [9.17, 15) is 19.8 Å². The Labute approximate surface area is 153 Å². The van der Waals surface area contributed by atoms with Gasteiger partial charge in [0.25, 0.3) is 5.91 Å². The van der Waals surface area contributed by atoms with Gasteiger partial charge < -0.3 is 14.6 Å². The zero-order valence-corrected chi connectivity index (χ0v) is 13.8. The van der Waals surface area contributed by atoms with Crippen molar-refractivity contribution >= 4 is 11.8 Å². The SMILES string of the molecule is N#Cc1cc(C(=O)NNC(=O)c2occc2-c2ccccc2O)ccc1O. The quantitative estimate of drug-likeness (QED) is 0.527. The van der Waals surface area contributed by atoms with Crippen molar-refractivity contribution in [2.75, 3.05) is 0 Å². The molecular weight excluding hydrogens is 350 g/mol. The van der Waals surface area contributed by atoms with Gasteiger partial charge in [-0.2, -0.15) is 5.26 Å². The first kappa shape index (κ1) is 17.6. The molecule has 0 aliphatic heterocycles. The van der Waals surface area contributed by atoms with Crippen LogP contribution in [0.3, 0.4) is 0 Å². The molecule has 0 spiro atoms. The molecule has 1 aromatic heterocycles. The number of hydrazine groups is 1. The Morgan fingerprint density at radius 3 is 2.41 bits per heavy atom. The Hall–Kier alpha value is -4.25. The summed E-state index contributed by atoms with van der Waals surface area (Å²) < 4.78 is 5.18. The van der Waals surface area contributed by atoms with Gasteiger partial charge in [0, 0.05) is 16.7 Å². The monoisotopic (exact) mass is 363 g/mol. The number of nitriles is 1. The van der Waals surface area contributed by atoms with Crippen molar-refractivity contribution in [3.05, 3.63) is 71.7 Å². The molecule has 1 heterocycles. The fourth-order valence-corrected chi connectivity index (χ4v) is 2.41. The zero-order valence-electron chi connectivity index (χ0n) is 13.8. The highest BCUT2D eigenvalue weighted by atomic mass is 16.3. The van der Waals surface area contributed by atoms with E-state index in [0.717, 1.165) is 0 Å². The van der Waals surface area contributed by atoms with Crippen LogP contribution in [0.5, 0.6) is 11.5 Å². The predicted octanol–water partition coefficient (Wildman–Crippen LogP) is 2.30. The average Bonchev–Trinajstić information content (AvgIpc) is 3.16. The Morgan fingerprint density at radius 1 is 0.926 bits per heavy atom. The molecule has 0 atom stereocenters. The number of nitrogens with zero attached hydrogens (tertiary/aromatic N) is 1. The van der Waals surface area contributed by atoms with E-state index in [1.807, 2.05) is 0 Å². The molecule has 0 fully saturated rings. The van der Waals surface area contributed by atoms with Gasteiger partial charge >= 0.3 is 5.91 Å². The summed E-state index contributed by atoms with van der Waals surface area (Å²) in [5.41, 5.74) is 5.17. The number of benzene rings is 2. The average molecular weight is 363 g/mol. The first-order valence-corrected chi connectivity index (χ1v) is 7.71. The Bertz CT molecular complexity index is 1070. The molecule has 2 aromatic carbocycles. The Balaban J connectivity index is 1.74. The summed E-state index contributed by atoms with van der Waals surface area (Å²) in [7, 11) is 0. The largest absolute Gasteiger partial charge is 0.507 e. The molecule has 8 heteroatoms. The van der Waals surface area contributed by atoms with Gasteiger partial charge in [-0.3, -0.25) is 20.4 Å². The number of amides is 2. The smallest absolute Gasteiger partial charge is 0.306 e. The van der Waals surface area contributed by atoms with Gasteiger partial charge in [0.15, 0.2) is 0 Å². The third-order valence-corrected chi connectivity index (χ3v) is 3.73.